The van der Waals surface area contributed by atoms with Crippen LogP contribution in [0.25, 0.3) is 11.2 Å². The SMILES string of the molecule is N=c1c2ncn([C@@H]3O[C@H](CO[C@@H]4O[C@H](CO)[C@@H](O)[C@H](O)[C@H]4O)[C@@H](O)[C@H]3O)c2ncn1O. The van der Waals surface area contributed by atoms with Gasteiger partial charge in [0.25, 0.3) is 0 Å². The van der Waals surface area contributed by atoms with Crippen LogP contribution in [0.1, 0.15) is 6.23 Å². The van der Waals surface area contributed by atoms with Crippen molar-refractivity contribution >= 4 is 11.2 Å². The molecule has 4 rings (SSSR count). The molecule has 2 aromatic rings. The van der Waals surface area contributed by atoms with E-state index in [1.165, 1.54) is 10.9 Å². The fraction of sp³-hybridized carbons (Fsp3) is 0.688. The van der Waals surface area contributed by atoms with Crippen LogP contribution in [0.5, 0.6) is 0 Å². The monoisotopic (exact) mass is 445 g/mol. The summed E-state index contributed by atoms with van der Waals surface area (Å²) < 4.78 is 18.0. The molecule has 15 nitrogen and oxygen atoms in total. The summed E-state index contributed by atoms with van der Waals surface area (Å²) in [6, 6.07) is 0. The molecule has 2 fully saturated rings. The molecule has 0 aliphatic carbocycles. The molecule has 0 radical (unpaired) electrons. The maximum Gasteiger partial charge on any atom is 0.192 e. The Kier molecular flexibility index (Phi) is 5.95. The van der Waals surface area contributed by atoms with Gasteiger partial charge in [-0.25, -0.2) is 9.97 Å². The Hall–Kier alpha value is -2.21. The third-order valence-electron chi connectivity index (χ3n) is 5.39. The van der Waals surface area contributed by atoms with Gasteiger partial charge < -0.3 is 50.1 Å². The lowest BCUT2D eigenvalue weighted by Crippen LogP contribution is -2.59. The minimum atomic E-state index is -1.63. The van der Waals surface area contributed by atoms with Crippen LogP contribution in [0, 0.1) is 5.41 Å². The second kappa shape index (κ2) is 8.38. The molecule has 0 bridgehead atoms. The molecule has 15 heteroatoms. The number of hydrogen-bond donors (Lipinski definition) is 8. The van der Waals surface area contributed by atoms with Crippen molar-refractivity contribution in [2.45, 2.75) is 55.2 Å². The molecule has 31 heavy (non-hydrogen) atoms. The second-order valence-electron chi connectivity index (χ2n) is 7.34. The van der Waals surface area contributed by atoms with Crippen molar-refractivity contribution in [2.75, 3.05) is 13.2 Å². The fourth-order valence-electron chi connectivity index (χ4n) is 3.60. The van der Waals surface area contributed by atoms with E-state index in [4.69, 9.17) is 19.6 Å². The molecule has 172 valence electrons. The Morgan fingerprint density at radius 1 is 0.935 bits per heavy atom. The van der Waals surface area contributed by atoms with Gasteiger partial charge in [0.2, 0.25) is 0 Å². The van der Waals surface area contributed by atoms with Crippen molar-refractivity contribution in [3.05, 3.63) is 18.1 Å². The van der Waals surface area contributed by atoms with Crippen LogP contribution in [0.2, 0.25) is 0 Å². The quantitative estimate of drug-likeness (QED) is 0.203. The molecule has 2 aliphatic rings. The Balaban J connectivity index is 1.47. The lowest BCUT2D eigenvalue weighted by atomic mass is 9.99. The van der Waals surface area contributed by atoms with Gasteiger partial charge in [-0.05, 0) is 0 Å². The van der Waals surface area contributed by atoms with E-state index in [9.17, 15) is 35.8 Å². The zero-order chi connectivity index (χ0) is 22.4. The lowest BCUT2D eigenvalue weighted by Gasteiger charge is -2.39. The molecule has 0 unspecified atom stereocenters. The number of hydrogen-bond acceptors (Lipinski definition) is 13. The summed E-state index contributed by atoms with van der Waals surface area (Å²) in [5, 5.41) is 77.0. The molecule has 9 atom stereocenters. The first-order valence-electron chi connectivity index (χ1n) is 9.36. The van der Waals surface area contributed by atoms with E-state index in [0.29, 0.717) is 4.73 Å². The van der Waals surface area contributed by atoms with Crippen LogP contribution in [0.15, 0.2) is 12.7 Å². The number of imidazole rings is 1. The summed E-state index contributed by atoms with van der Waals surface area (Å²) in [4.78, 5) is 7.92. The number of rotatable bonds is 5. The van der Waals surface area contributed by atoms with Crippen molar-refractivity contribution in [3.63, 3.8) is 0 Å². The van der Waals surface area contributed by atoms with Gasteiger partial charge in [0.1, 0.15) is 49.1 Å². The summed E-state index contributed by atoms with van der Waals surface area (Å²) in [6.45, 7) is -1.00. The number of nitrogens with zero attached hydrogens (tertiary/aromatic N) is 4. The smallest absolute Gasteiger partial charge is 0.192 e. The van der Waals surface area contributed by atoms with Gasteiger partial charge in [0.15, 0.2) is 29.2 Å². The van der Waals surface area contributed by atoms with Crippen LogP contribution in [-0.4, -0.2) is 117 Å². The lowest BCUT2D eigenvalue weighted by molar-refractivity contribution is -0.306. The first-order valence-corrected chi connectivity index (χ1v) is 9.36. The molecule has 0 amide bonds. The number of aliphatic hydroxyl groups excluding tert-OH is 6. The number of aliphatic hydroxyl groups is 6. The highest BCUT2D eigenvalue weighted by Crippen LogP contribution is 2.32. The van der Waals surface area contributed by atoms with Gasteiger partial charge in [0, 0.05) is 0 Å². The van der Waals surface area contributed by atoms with Gasteiger partial charge in [0.05, 0.1) is 19.5 Å². The van der Waals surface area contributed by atoms with Gasteiger partial charge >= 0.3 is 0 Å². The molecule has 2 saturated heterocycles. The zero-order valence-corrected chi connectivity index (χ0v) is 15.9. The van der Waals surface area contributed by atoms with E-state index in [0.717, 1.165) is 6.33 Å². The molecular formula is C16H23N5O10. The topological polar surface area (TPSA) is 229 Å². The summed E-state index contributed by atoms with van der Waals surface area (Å²) in [7, 11) is 0. The first-order chi connectivity index (χ1) is 14.7. The normalized spacial score (nSPS) is 38.7. The van der Waals surface area contributed by atoms with E-state index >= 15 is 0 Å². The van der Waals surface area contributed by atoms with Crippen LogP contribution >= 0.6 is 0 Å². The molecule has 0 saturated carbocycles. The van der Waals surface area contributed by atoms with Gasteiger partial charge in [-0.3, -0.25) is 9.98 Å². The Labute approximate surface area is 173 Å². The van der Waals surface area contributed by atoms with Crippen LogP contribution in [-0.2, 0) is 14.2 Å². The minimum Gasteiger partial charge on any atom is -0.425 e. The van der Waals surface area contributed by atoms with Crippen LogP contribution in [0.4, 0.5) is 0 Å². The van der Waals surface area contributed by atoms with Crippen molar-refractivity contribution in [1.82, 2.24) is 19.3 Å². The number of nitrogens with one attached hydrogen (secondary N) is 1. The first kappa shape index (κ1) is 22.0. The second-order valence-corrected chi connectivity index (χ2v) is 7.34. The number of aromatic nitrogens is 4. The zero-order valence-electron chi connectivity index (χ0n) is 15.9. The highest BCUT2D eigenvalue weighted by Gasteiger charge is 2.47. The number of ether oxygens (including phenoxy) is 3. The number of fused-ring (bicyclic) bond motifs is 1. The molecule has 4 heterocycles. The van der Waals surface area contributed by atoms with Crippen molar-refractivity contribution in [1.29, 1.82) is 5.41 Å². The molecular weight excluding hydrogens is 422 g/mol. The van der Waals surface area contributed by atoms with E-state index in [1.54, 1.807) is 0 Å². The average molecular weight is 445 g/mol. The third kappa shape index (κ3) is 3.69. The summed E-state index contributed by atoms with van der Waals surface area (Å²) >= 11 is 0. The van der Waals surface area contributed by atoms with Crippen molar-refractivity contribution in [2.24, 2.45) is 0 Å². The van der Waals surface area contributed by atoms with Gasteiger partial charge in [-0.15, -0.1) is 0 Å². The van der Waals surface area contributed by atoms with Crippen molar-refractivity contribution < 1.29 is 50.1 Å². The summed E-state index contributed by atoms with van der Waals surface area (Å²) in [5.74, 6) is 0. The van der Waals surface area contributed by atoms with E-state index in [2.05, 4.69) is 9.97 Å². The average Bonchev–Trinajstić information content (AvgIpc) is 3.30. The van der Waals surface area contributed by atoms with Gasteiger partial charge in [-0.2, -0.15) is 4.73 Å². The fourth-order valence-corrected chi connectivity index (χ4v) is 3.60. The van der Waals surface area contributed by atoms with Crippen LogP contribution in [0.3, 0.4) is 0 Å². The van der Waals surface area contributed by atoms with Crippen LogP contribution < -0.4 is 5.49 Å². The highest BCUT2D eigenvalue weighted by atomic mass is 16.7. The standard InChI is InChI=1S/C16H23N5O10/c17-13-7-14(19-4-21(13)28)20(3-18-7)15-11(26)9(24)6(30-15)2-29-16-12(27)10(25)8(23)5(1-22)31-16/h3-6,8-12,15-17,22-28H,1-2H2/t5-,6-,8-,9-,10+,11-,12-,15-,16-/m1/s1. The summed E-state index contributed by atoms with van der Waals surface area (Å²) in [5.41, 5.74) is -0.169. The Morgan fingerprint density at radius 3 is 2.35 bits per heavy atom. The van der Waals surface area contributed by atoms with E-state index in [-0.39, 0.29) is 23.3 Å². The highest BCUT2D eigenvalue weighted by molar-refractivity contribution is 5.68. The molecule has 0 aromatic carbocycles. The van der Waals surface area contributed by atoms with Crippen molar-refractivity contribution in [3.8, 4) is 0 Å². The van der Waals surface area contributed by atoms with E-state index in [1.807, 2.05) is 0 Å². The van der Waals surface area contributed by atoms with Gasteiger partial charge in [-0.1, -0.05) is 0 Å². The predicted octanol–water partition coefficient (Wildman–Crippen LogP) is -4.61. The Bertz CT molecular complexity index is 981. The molecule has 2 aromatic heterocycles. The predicted molar refractivity (Wildman–Crippen MR) is 94.2 cm³/mol. The Morgan fingerprint density at radius 2 is 1.65 bits per heavy atom. The maximum atomic E-state index is 10.4. The molecule has 2 aliphatic heterocycles. The maximum absolute atomic E-state index is 10.4. The largest absolute Gasteiger partial charge is 0.425 e. The third-order valence-corrected chi connectivity index (χ3v) is 5.39. The molecule has 0 spiro atoms. The minimum absolute atomic E-state index is 0.0382. The van der Waals surface area contributed by atoms with E-state index < -0.39 is 61.9 Å². The molecule has 8 N–H and O–H groups in total. The summed E-state index contributed by atoms with van der Waals surface area (Å²) in [6.07, 6.45) is -10.3.